The Morgan fingerprint density at radius 2 is 2.00 bits per heavy atom. The van der Waals surface area contributed by atoms with Crippen molar-refractivity contribution in [2.45, 2.75) is 30.7 Å². The van der Waals surface area contributed by atoms with Crippen LogP contribution in [0.25, 0.3) is 0 Å². The number of hydrogen-bond acceptors (Lipinski definition) is 7. The van der Waals surface area contributed by atoms with Gasteiger partial charge in [0.15, 0.2) is 0 Å². The number of ether oxygens (including phenoxy) is 1. The lowest BCUT2D eigenvalue weighted by Crippen LogP contribution is -2.47. The third-order valence-electron chi connectivity index (χ3n) is 2.44. The van der Waals surface area contributed by atoms with Crippen molar-refractivity contribution in [2.24, 2.45) is 0 Å². The number of rotatable bonds is 3. The van der Waals surface area contributed by atoms with Gasteiger partial charge >= 0.3 is 7.94 Å². The van der Waals surface area contributed by atoms with Crippen LogP contribution in [0.2, 0.25) is 0 Å². The Balaban J connectivity index is 2.74. The molecule has 0 saturated carbocycles. The van der Waals surface area contributed by atoms with Crippen molar-refractivity contribution in [3.05, 3.63) is 0 Å². The Bertz CT molecular complexity index is 289. The zero-order chi connectivity index (χ0) is 12.7. The third kappa shape index (κ3) is 2.78. The second-order valence-electron chi connectivity index (χ2n) is 3.96. The molecule has 7 nitrogen and oxygen atoms in total. The van der Waals surface area contributed by atoms with E-state index in [1.807, 2.05) is 0 Å². The van der Waals surface area contributed by atoms with E-state index in [0.717, 1.165) is 0 Å². The Morgan fingerprint density at radius 1 is 1.50 bits per heavy atom. The Kier molecular flexibility index (Phi) is 3.76. The van der Waals surface area contributed by atoms with Crippen LogP contribution in [0, 0.1) is 0 Å². The van der Waals surface area contributed by atoms with Gasteiger partial charge in [0.2, 0.25) is 11.9 Å². The maximum Gasteiger partial charge on any atom is 0.411 e. The van der Waals surface area contributed by atoms with E-state index in [9.17, 15) is 15.0 Å². The minimum absolute atomic E-state index is 0.929. The molecule has 0 aromatic carbocycles. The number of Topliss-reactive ketones (excluding diaryl/α,β-unsaturated/α-hetero) is 1. The summed E-state index contributed by atoms with van der Waals surface area (Å²) in [4.78, 5) is 37.5. The van der Waals surface area contributed by atoms with Crippen molar-refractivity contribution in [2.75, 3.05) is 6.16 Å². The van der Waals surface area contributed by atoms with Crippen LogP contribution < -0.4 is 0 Å². The maximum atomic E-state index is 11.4. The Labute approximate surface area is 93.7 Å². The molecule has 1 aliphatic rings. The van der Waals surface area contributed by atoms with E-state index in [4.69, 9.17) is 27.3 Å². The average Bonchev–Trinajstić information content (AvgIpc) is 2.26. The fourth-order valence-corrected chi connectivity index (χ4v) is 1.99. The third-order valence-corrected chi connectivity index (χ3v) is 3.18. The molecule has 9 heteroatoms. The maximum absolute atomic E-state index is 11.4. The quantitative estimate of drug-likeness (QED) is 0.273. The van der Waals surface area contributed by atoms with Gasteiger partial charge in [0.1, 0.15) is 25.7 Å². The van der Waals surface area contributed by atoms with Gasteiger partial charge in [-0.3, -0.25) is 4.79 Å². The van der Waals surface area contributed by atoms with Gasteiger partial charge < -0.3 is 14.9 Å². The van der Waals surface area contributed by atoms with Crippen LogP contribution in [0.4, 0.5) is 0 Å². The van der Waals surface area contributed by atoms with Crippen molar-refractivity contribution in [1.29, 1.82) is 0 Å². The number of carbonyl (C=O) groups excluding carboxylic acids is 1. The number of carbonyl (C=O) groups is 1. The monoisotopic (exact) mass is 251 g/mol. The van der Waals surface area contributed by atoms with Crippen LogP contribution in [0.15, 0.2) is 0 Å². The molecule has 5 N–H and O–H groups in total. The Morgan fingerprint density at radius 3 is 2.31 bits per heavy atom. The molecule has 1 saturated heterocycles. The first-order chi connectivity index (χ1) is 7.05. The van der Waals surface area contributed by atoms with Crippen molar-refractivity contribution < 1.29 is 34.4 Å². The SMILES string of the molecule is [B]C1OC(C(=O)C[P+](O)(O)O)C(O)C1(C)O. The highest BCUT2D eigenvalue weighted by atomic mass is 31.2. The smallest absolute Gasteiger partial charge is 0.387 e. The second kappa shape index (κ2) is 4.31. The lowest BCUT2D eigenvalue weighted by atomic mass is 9.81. The molecule has 0 aliphatic carbocycles. The van der Waals surface area contributed by atoms with E-state index in [2.05, 4.69) is 0 Å². The van der Waals surface area contributed by atoms with Crippen molar-refractivity contribution >= 4 is 21.6 Å². The summed E-state index contributed by atoms with van der Waals surface area (Å²) in [6.45, 7) is 1.19. The topological polar surface area (TPSA) is 127 Å². The van der Waals surface area contributed by atoms with Gasteiger partial charge in [-0.2, -0.15) is 14.7 Å². The van der Waals surface area contributed by atoms with Crippen LogP contribution in [-0.2, 0) is 9.53 Å². The van der Waals surface area contributed by atoms with Gasteiger partial charge in [0.25, 0.3) is 0 Å². The molecule has 4 unspecified atom stereocenters. The molecule has 0 amide bonds. The molecule has 1 rings (SSSR count). The van der Waals surface area contributed by atoms with E-state index in [1.165, 1.54) is 6.92 Å². The minimum atomic E-state index is -4.28. The highest BCUT2D eigenvalue weighted by Gasteiger charge is 2.53. The van der Waals surface area contributed by atoms with Crippen LogP contribution in [0.5, 0.6) is 0 Å². The zero-order valence-electron chi connectivity index (χ0n) is 8.52. The average molecular weight is 251 g/mol. The zero-order valence-corrected chi connectivity index (χ0v) is 9.41. The molecule has 16 heavy (non-hydrogen) atoms. The van der Waals surface area contributed by atoms with Gasteiger partial charge in [-0.25, -0.2) is 0 Å². The summed E-state index contributed by atoms with van der Waals surface area (Å²) in [7, 11) is 1.06. The van der Waals surface area contributed by atoms with Gasteiger partial charge in [-0.1, -0.05) is 0 Å². The molecule has 1 aliphatic heterocycles. The van der Waals surface area contributed by atoms with E-state index >= 15 is 0 Å². The molecular formula is C7H13BO7P+. The standard InChI is InChI=1S/C7H13BO7P/c1-7(11)5(10)4(15-6(7)8)3(9)2-16(12,13)14/h4-6,10-14H,2H2,1H3/q+1. The van der Waals surface area contributed by atoms with Gasteiger partial charge in [-0.15, -0.1) is 0 Å². The van der Waals surface area contributed by atoms with Crippen LogP contribution in [-0.4, -0.2) is 68.5 Å². The summed E-state index contributed by atoms with van der Waals surface area (Å²) in [5.74, 6) is -0.929. The van der Waals surface area contributed by atoms with Crippen LogP contribution in [0.1, 0.15) is 6.92 Å². The van der Waals surface area contributed by atoms with E-state index in [1.54, 1.807) is 0 Å². The first-order valence-corrected chi connectivity index (χ1v) is 6.29. The minimum Gasteiger partial charge on any atom is -0.387 e. The van der Waals surface area contributed by atoms with E-state index in [0.29, 0.717) is 0 Å². The molecule has 0 spiro atoms. The summed E-state index contributed by atoms with van der Waals surface area (Å²) < 4.78 is 4.81. The fourth-order valence-electron chi connectivity index (χ4n) is 1.40. The molecule has 1 fully saturated rings. The summed E-state index contributed by atoms with van der Waals surface area (Å²) in [5.41, 5.74) is -1.80. The molecule has 2 radical (unpaired) electrons. The molecular weight excluding hydrogens is 238 g/mol. The summed E-state index contributed by atoms with van der Waals surface area (Å²) in [5, 5.41) is 19.2. The number of aliphatic hydroxyl groups is 2. The first-order valence-electron chi connectivity index (χ1n) is 4.46. The highest BCUT2D eigenvalue weighted by molar-refractivity contribution is 7.59. The van der Waals surface area contributed by atoms with Crippen molar-refractivity contribution in [3.8, 4) is 0 Å². The summed E-state index contributed by atoms with van der Waals surface area (Å²) in [6.07, 6.45) is -4.00. The van der Waals surface area contributed by atoms with Gasteiger partial charge in [0, 0.05) is 6.00 Å². The largest absolute Gasteiger partial charge is 0.411 e. The van der Waals surface area contributed by atoms with E-state index < -0.39 is 43.7 Å². The fraction of sp³-hybridized carbons (Fsp3) is 0.857. The van der Waals surface area contributed by atoms with Crippen molar-refractivity contribution in [1.82, 2.24) is 0 Å². The Hall–Kier alpha value is -0.0751. The number of hydrogen-bond donors (Lipinski definition) is 5. The highest BCUT2D eigenvalue weighted by Crippen LogP contribution is 2.45. The molecule has 1 heterocycles. The predicted octanol–water partition coefficient (Wildman–Crippen LogP) is -2.70. The van der Waals surface area contributed by atoms with Crippen LogP contribution >= 0.6 is 7.94 Å². The molecule has 0 bridgehead atoms. The number of ketones is 1. The lowest BCUT2D eigenvalue weighted by molar-refractivity contribution is -0.130. The second-order valence-corrected chi connectivity index (χ2v) is 5.67. The van der Waals surface area contributed by atoms with Crippen LogP contribution in [0.3, 0.4) is 0 Å². The molecule has 4 atom stereocenters. The number of aliphatic hydroxyl groups excluding tert-OH is 1. The molecule has 90 valence electrons. The summed E-state index contributed by atoms with van der Waals surface area (Å²) in [6, 6.07) is -1.26. The van der Waals surface area contributed by atoms with Crippen molar-refractivity contribution in [3.63, 3.8) is 0 Å². The summed E-state index contributed by atoms with van der Waals surface area (Å²) >= 11 is 0. The molecule has 0 aromatic rings. The van der Waals surface area contributed by atoms with Gasteiger partial charge in [0.05, 0.1) is 0 Å². The van der Waals surface area contributed by atoms with Gasteiger partial charge in [-0.05, 0) is 6.92 Å². The first kappa shape index (κ1) is 14.0. The van der Waals surface area contributed by atoms with E-state index in [-0.39, 0.29) is 0 Å². The molecule has 0 aromatic heterocycles. The lowest BCUT2D eigenvalue weighted by Gasteiger charge is -2.24. The predicted molar refractivity (Wildman–Crippen MR) is 54.5 cm³/mol. The normalized spacial score (nSPS) is 40.0.